The van der Waals surface area contributed by atoms with E-state index in [4.69, 9.17) is 0 Å². The van der Waals surface area contributed by atoms with Gasteiger partial charge < -0.3 is 10.0 Å². The molecule has 1 heterocycles. The summed E-state index contributed by atoms with van der Waals surface area (Å²) < 4.78 is 27.2. The third-order valence-electron chi connectivity index (χ3n) is 6.47. The fourth-order valence-corrected chi connectivity index (χ4v) is 6.93. The highest BCUT2D eigenvalue weighted by atomic mass is 32.2. The molecule has 11 heteroatoms. The van der Waals surface area contributed by atoms with Gasteiger partial charge in [-0.15, -0.1) is 0 Å². The summed E-state index contributed by atoms with van der Waals surface area (Å²) in [4.78, 5) is 30.7. The van der Waals surface area contributed by atoms with Crippen LogP contribution in [-0.4, -0.2) is 53.0 Å². The number of aromatic nitrogens is 1. The van der Waals surface area contributed by atoms with Crippen molar-refractivity contribution in [3.05, 3.63) is 6.20 Å². The van der Waals surface area contributed by atoms with Crippen LogP contribution in [0.2, 0.25) is 0 Å². The Morgan fingerprint density at radius 1 is 1.09 bits per heavy atom. The van der Waals surface area contributed by atoms with Crippen molar-refractivity contribution in [2.45, 2.75) is 100 Å². The first-order valence-electron chi connectivity index (χ1n) is 11.3. The molecule has 0 unspecified atom stereocenters. The maximum atomic E-state index is 13.3. The highest BCUT2D eigenvalue weighted by molar-refractivity contribution is 7.91. The predicted octanol–water partition coefficient (Wildman–Crippen LogP) is 4.03. The number of carboxylic acid groups (broad SMARTS) is 1. The topological polar surface area (TPSA) is 129 Å². The number of amides is 2. The molecule has 0 aromatic carbocycles. The van der Waals surface area contributed by atoms with Crippen LogP contribution in [0.4, 0.5) is 9.93 Å². The summed E-state index contributed by atoms with van der Waals surface area (Å²) in [6.07, 6.45) is 10.7. The van der Waals surface area contributed by atoms with Crippen molar-refractivity contribution >= 4 is 38.5 Å². The lowest BCUT2D eigenvalue weighted by molar-refractivity contribution is -0.142. The van der Waals surface area contributed by atoms with E-state index in [0.29, 0.717) is 5.92 Å². The third kappa shape index (κ3) is 5.99. The summed E-state index contributed by atoms with van der Waals surface area (Å²) in [7, 11) is -4.09. The van der Waals surface area contributed by atoms with E-state index in [1.165, 1.54) is 20.3 Å². The molecule has 0 radical (unpaired) electrons. The normalized spacial score (nSPS) is 23.0. The first-order valence-corrected chi connectivity index (χ1v) is 13.6. The van der Waals surface area contributed by atoms with E-state index in [2.05, 4.69) is 21.9 Å². The van der Waals surface area contributed by atoms with Crippen LogP contribution in [0.1, 0.15) is 78.6 Å². The fourth-order valence-electron chi connectivity index (χ4n) is 4.54. The van der Waals surface area contributed by atoms with Gasteiger partial charge in [-0.25, -0.2) is 18.2 Å². The number of aliphatic carboxylic acids is 1. The molecule has 3 N–H and O–H groups in total. The number of sulfonamides is 1. The molecule has 2 saturated carbocycles. The minimum absolute atomic E-state index is 0.141. The second-order valence-corrected chi connectivity index (χ2v) is 12.5. The molecule has 2 fully saturated rings. The van der Waals surface area contributed by atoms with Gasteiger partial charge in [0.1, 0.15) is 5.54 Å². The maximum Gasteiger partial charge on any atom is 0.324 e. The van der Waals surface area contributed by atoms with E-state index < -0.39 is 21.5 Å². The van der Waals surface area contributed by atoms with Gasteiger partial charge in [-0.3, -0.25) is 10.1 Å². The van der Waals surface area contributed by atoms with Gasteiger partial charge in [0.25, 0.3) is 10.0 Å². The van der Waals surface area contributed by atoms with Gasteiger partial charge in [0, 0.05) is 12.1 Å². The first-order chi connectivity index (χ1) is 15.0. The van der Waals surface area contributed by atoms with Gasteiger partial charge in [-0.05, 0) is 58.3 Å². The zero-order valence-corrected chi connectivity index (χ0v) is 20.6. The van der Waals surface area contributed by atoms with Gasteiger partial charge in [0.15, 0.2) is 9.34 Å². The van der Waals surface area contributed by atoms with Gasteiger partial charge in [0.05, 0.1) is 6.20 Å². The maximum absolute atomic E-state index is 13.3. The van der Waals surface area contributed by atoms with Crippen LogP contribution < -0.4 is 10.0 Å². The van der Waals surface area contributed by atoms with Crippen LogP contribution in [0.15, 0.2) is 10.4 Å². The van der Waals surface area contributed by atoms with Crippen molar-refractivity contribution < 1.29 is 23.1 Å². The predicted molar refractivity (Wildman–Crippen MR) is 123 cm³/mol. The number of anilines is 1. The second-order valence-electron chi connectivity index (χ2n) is 9.56. The molecule has 1 aromatic heterocycles. The number of carbonyl (C=O) groups excluding carboxylic acids is 1. The van der Waals surface area contributed by atoms with Crippen LogP contribution in [0.25, 0.3) is 0 Å². The molecule has 0 bridgehead atoms. The highest BCUT2D eigenvalue weighted by Gasteiger charge is 2.36. The van der Waals surface area contributed by atoms with Crippen LogP contribution >= 0.6 is 11.3 Å². The number of carboxylic acids is 1. The number of nitrogens with zero attached hydrogens (tertiary/aromatic N) is 2. The molecule has 2 aliphatic rings. The molecule has 0 atom stereocenters. The molecule has 32 heavy (non-hydrogen) atoms. The summed E-state index contributed by atoms with van der Waals surface area (Å²) in [5.74, 6) is -0.610. The lowest BCUT2D eigenvalue weighted by Gasteiger charge is -2.42. The zero-order valence-electron chi connectivity index (χ0n) is 19.0. The molecule has 1 aromatic rings. The molecule has 9 nitrogen and oxygen atoms in total. The highest BCUT2D eigenvalue weighted by Crippen LogP contribution is 2.33. The number of hydrogen-bond donors (Lipinski definition) is 3. The van der Waals surface area contributed by atoms with Crippen molar-refractivity contribution in [2.75, 3.05) is 5.32 Å². The average molecular weight is 487 g/mol. The van der Waals surface area contributed by atoms with Crippen molar-refractivity contribution in [1.82, 2.24) is 14.6 Å². The molecular formula is C21H34N4O5S2. The number of hydrogen-bond acceptors (Lipinski definition) is 6. The Hall–Kier alpha value is -1.72. The number of urea groups is 1. The number of rotatable bonds is 7. The zero-order chi connectivity index (χ0) is 23.5. The Morgan fingerprint density at radius 2 is 1.69 bits per heavy atom. The minimum Gasteiger partial charge on any atom is -0.480 e. The van der Waals surface area contributed by atoms with Crippen LogP contribution in [0.3, 0.4) is 0 Å². The fraction of sp³-hybridized carbons (Fsp3) is 0.762. The molecule has 2 amide bonds. The SMILES string of the molecule is CC(C)(NS(=O)(=O)c1cnc(NC(=O)N(C2CCCCC2)[C@H]2CC[C@H](C)CC2)s1)C(=O)O. The number of carbonyl (C=O) groups is 2. The second kappa shape index (κ2) is 10.0. The Bertz CT molecular complexity index is 916. The van der Waals surface area contributed by atoms with E-state index in [1.807, 2.05) is 4.90 Å². The molecule has 2 aliphatic carbocycles. The smallest absolute Gasteiger partial charge is 0.324 e. The van der Waals surface area contributed by atoms with Crippen molar-refractivity contribution in [2.24, 2.45) is 5.92 Å². The van der Waals surface area contributed by atoms with E-state index in [1.54, 1.807) is 0 Å². The van der Waals surface area contributed by atoms with Gasteiger partial charge in [-0.2, -0.15) is 4.72 Å². The number of nitrogens with one attached hydrogen (secondary N) is 2. The van der Waals surface area contributed by atoms with Gasteiger partial charge >= 0.3 is 12.0 Å². The Morgan fingerprint density at radius 3 is 2.28 bits per heavy atom. The van der Waals surface area contributed by atoms with Crippen molar-refractivity contribution in [3.63, 3.8) is 0 Å². The Kier molecular flexibility index (Phi) is 7.82. The van der Waals surface area contributed by atoms with Crippen LogP contribution in [0.5, 0.6) is 0 Å². The largest absolute Gasteiger partial charge is 0.480 e. The quantitative estimate of drug-likeness (QED) is 0.534. The summed E-state index contributed by atoms with van der Waals surface area (Å²) in [5, 5.41) is 12.2. The van der Waals surface area contributed by atoms with Crippen LogP contribution in [0, 0.1) is 5.92 Å². The Balaban J connectivity index is 1.74. The Labute approximate surface area is 194 Å². The summed E-state index contributed by atoms with van der Waals surface area (Å²) >= 11 is 0.819. The van der Waals surface area contributed by atoms with E-state index in [-0.39, 0.29) is 27.5 Å². The third-order valence-corrected chi connectivity index (χ3v) is 9.50. The molecule has 0 spiro atoms. The average Bonchev–Trinajstić information content (AvgIpc) is 3.19. The van der Waals surface area contributed by atoms with E-state index in [0.717, 1.165) is 68.9 Å². The lowest BCUT2D eigenvalue weighted by Crippen LogP contribution is -2.51. The van der Waals surface area contributed by atoms with Crippen LogP contribution in [-0.2, 0) is 14.8 Å². The first kappa shape index (κ1) is 24.9. The number of thiazole rings is 1. The monoisotopic (exact) mass is 486 g/mol. The summed E-state index contributed by atoms with van der Waals surface area (Å²) in [6.45, 7) is 4.78. The minimum atomic E-state index is -4.09. The molecule has 0 aliphatic heterocycles. The molecule has 0 saturated heterocycles. The summed E-state index contributed by atoms with van der Waals surface area (Å²) in [6, 6.07) is 0.160. The standard InChI is InChI=1S/C21H34N4O5S2/c1-14-9-11-16(12-10-14)25(15-7-5-4-6-8-15)20(28)23-19-22-13-17(31-19)32(29,30)24-21(2,3)18(26)27/h13-16,24H,4-12H2,1-3H3,(H,26,27)(H,22,23,28)/t14-,16-. The van der Waals surface area contributed by atoms with Crippen molar-refractivity contribution in [3.8, 4) is 0 Å². The molecule has 180 valence electrons. The molecular weight excluding hydrogens is 452 g/mol. The molecule has 3 rings (SSSR count). The lowest BCUT2D eigenvalue weighted by atomic mass is 9.84. The van der Waals surface area contributed by atoms with E-state index in [9.17, 15) is 23.1 Å². The van der Waals surface area contributed by atoms with Gasteiger partial charge in [-0.1, -0.05) is 37.5 Å². The summed E-state index contributed by atoms with van der Waals surface area (Å²) in [5.41, 5.74) is -1.66. The van der Waals surface area contributed by atoms with E-state index >= 15 is 0 Å². The van der Waals surface area contributed by atoms with Gasteiger partial charge in [0.2, 0.25) is 0 Å². The van der Waals surface area contributed by atoms with Crippen molar-refractivity contribution in [1.29, 1.82) is 0 Å².